The van der Waals surface area contributed by atoms with Gasteiger partial charge in [0.1, 0.15) is 5.75 Å². The van der Waals surface area contributed by atoms with Gasteiger partial charge in [0.25, 0.3) is 0 Å². The lowest BCUT2D eigenvalue weighted by atomic mass is 9.65. The summed E-state index contributed by atoms with van der Waals surface area (Å²) in [6.45, 7) is 10.1. The van der Waals surface area contributed by atoms with Crippen LogP contribution in [0.4, 0.5) is 0 Å². The fraction of sp³-hybridized carbons (Fsp3) is 0.676. The summed E-state index contributed by atoms with van der Waals surface area (Å²) in [4.78, 5) is 27.7. The van der Waals surface area contributed by atoms with E-state index in [1.807, 2.05) is 32.0 Å². The lowest BCUT2D eigenvalue weighted by Crippen LogP contribution is -2.45. The Labute approximate surface area is 272 Å². The first kappa shape index (κ1) is 38.3. The van der Waals surface area contributed by atoms with Crippen molar-refractivity contribution in [2.24, 2.45) is 5.73 Å². The molecule has 1 atom stereocenters. The summed E-state index contributed by atoms with van der Waals surface area (Å²) in [7, 11) is 1.69. The molecule has 2 rings (SSSR count). The van der Waals surface area contributed by atoms with Gasteiger partial charge in [0, 0.05) is 24.9 Å². The van der Waals surface area contributed by atoms with E-state index in [0.717, 1.165) is 24.8 Å². The van der Waals surface area contributed by atoms with Crippen molar-refractivity contribution < 1.29 is 29.3 Å². The third-order valence-electron chi connectivity index (χ3n) is 9.01. The van der Waals surface area contributed by atoms with Gasteiger partial charge in [-0.05, 0) is 52.2 Å². The molecule has 1 aromatic carbocycles. The van der Waals surface area contributed by atoms with Gasteiger partial charge in [0.15, 0.2) is 0 Å². The smallest absolute Gasteiger partial charge is 0.334 e. The molecule has 8 heteroatoms. The highest BCUT2D eigenvalue weighted by molar-refractivity contribution is 6.01. The zero-order chi connectivity index (χ0) is 33.4. The first-order chi connectivity index (χ1) is 21.5. The lowest BCUT2D eigenvalue weighted by Gasteiger charge is -2.43. The van der Waals surface area contributed by atoms with Crippen LogP contribution in [0.5, 0.6) is 5.75 Å². The van der Waals surface area contributed by atoms with E-state index in [-0.39, 0.29) is 30.5 Å². The van der Waals surface area contributed by atoms with Crippen LogP contribution >= 0.6 is 0 Å². The number of aryl methyl sites for hydroxylation is 1. The predicted octanol–water partition coefficient (Wildman–Crippen LogP) is 7.98. The van der Waals surface area contributed by atoms with Gasteiger partial charge in [0.05, 0.1) is 41.6 Å². The number of rotatable bonds is 23. The molecule has 45 heavy (non-hydrogen) atoms. The van der Waals surface area contributed by atoms with Crippen LogP contribution < -0.4 is 10.5 Å². The summed E-state index contributed by atoms with van der Waals surface area (Å²) < 4.78 is 12.0. The molecule has 0 amide bonds. The van der Waals surface area contributed by atoms with Crippen molar-refractivity contribution in [1.82, 2.24) is 4.90 Å². The van der Waals surface area contributed by atoms with E-state index in [1.54, 1.807) is 25.8 Å². The molecule has 8 nitrogen and oxygen atoms in total. The van der Waals surface area contributed by atoms with Gasteiger partial charge in [0.2, 0.25) is 0 Å². The maximum absolute atomic E-state index is 13.1. The first-order valence-corrected chi connectivity index (χ1v) is 17.2. The lowest BCUT2D eigenvalue weighted by molar-refractivity contribution is -0.134. The molecule has 0 aliphatic carbocycles. The zero-order valence-corrected chi connectivity index (χ0v) is 28.9. The number of carboxylic acids is 2. The van der Waals surface area contributed by atoms with Crippen LogP contribution in [0.3, 0.4) is 0 Å². The number of hydrogen-bond acceptors (Lipinski definition) is 6. The minimum absolute atomic E-state index is 0.00342. The summed E-state index contributed by atoms with van der Waals surface area (Å²) in [6.07, 6.45) is 16.8. The molecule has 1 heterocycles. The summed E-state index contributed by atoms with van der Waals surface area (Å²) in [5.74, 6) is -1.83. The largest absolute Gasteiger partial charge is 0.491 e. The van der Waals surface area contributed by atoms with Gasteiger partial charge in [-0.1, -0.05) is 96.1 Å². The Balaban J connectivity index is 2.34. The van der Waals surface area contributed by atoms with Gasteiger partial charge in [-0.15, -0.1) is 0 Å². The number of ether oxygens (including phenoxy) is 2. The molecule has 0 aromatic heterocycles. The number of nitrogens with two attached hydrogens (primary N) is 1. The molecule has 4 N–H and O–H groups in total. The molecule has 1 aliphatic heterocycles. The monoisotopic (exact) mass is 628 g/mol. The van der Waals surface area contributed by atoms with Crippen LogP contribution in [-0.2, 0) is 26.2 Å². The molecule has 1 aliphatic rings. The van der Waals surface area contributed by atoms with Crippen molar-refractivity contribution in [3.63, 3.8) is 0 Å². The molecular formula is C37H60N2O6. The second-order valence-corrected chi connectivity index (χ2v) is 12.9. The number of benzene rings is 1. The van der Waals surface area contributed by atoms with Crippen LogP contribution in [0, 0.1) is 0 Å². The van der Waals surface area contributed by atoms with Crippen LogP contribution in [0.1, 0.15) is 129 Å². The topological polar surface area (TPSA) is 122 Å². The van der Waals surface area contributed by atoms with Crippen molar-refractivity contribution in [2.75, 3.05) is 26.8 Å². The number of allylic oxidation sites excluding steroid dienone is 1. The van der Waals surface area contributed by atoms with E-state index in [2.05, 4.69) is 6.92 Å². The zero-order valence-electron chi connectivity index (χ0n) is 28.9. The Bertz CT molecular complexity index is 1160. The molecule has 1 aromatic rings. The summed E-state index contributed by atoms with van der Waals surface area (Å²) in [5.41, 5.74) is 6.55. The average Bonchev–Trinajstić information content (AvgIpc) is 2.97. The summed E-state index contributed by atoms with van der Waals surface area (Å²) in [5, 5.41) is 21.3. The highest BCUT2D eigenvalue weighted by atomic mass is 16.5. The van der Waals surface area contributed by atoms with Crippen molar-refractivity contribution in [3.8, 4) is 5.75 Å². The Kier molecular flexibility index (Phi) is 16.7. The maximum atomic E-state index is 13.1. The number of unbranched alkanes of at least 4 members (excludes halogenated alkanes) is 12. The van der Waals surface area contributed by atoms with Crippen molar-refractivity contribution in [3.05, 3.63) is 51.9 Å². The van der Waals surface area contributed by atoms with E-state index in [9.17, 15) is 19.8 Å². The van der Waals surface area contributed by atoms with Crippen LogP contribution in [0.15, 0.2) is 40.7 Å². The van der Waals surface area contributed by atoms with E-state index >= 15 is 0 Å². The van der Waals surface area contributed by atoms with Gasteiger partial charge in [-0.3, -0.25) is 0 Å². The number of likely N-dealkylation sites (N-methyl/N-ethyl adjacent to an activating group) is 1. The van der Waals surface area contributed by atoms with E-state index in [0.29, 0.717) is 35.7 Å². The fourth-order valence-corrected chi connectivity index (χ4v) is 6.73. The van der Waals surface area contributed by atoms with Crippen molar-refractivity contribution in [2.45, 2.75) is 136 Å². The number of carboxylic acid groups (broad SMARTS) is 2. The Hall–Kier alpha value is -2.84. The van der Waals surface area contributed by atoms with Crippen LogP contribution in [0.2, 0.25) is 0 Å². The minimum atomic E-state index is -1.49. The SMILES string of the molecule is CCCCCCCCCCCCCCCc1cccc(OC(C)C)c1C1(C)C(C(=O)O)=C(C)N(C)C(COCCN)=C1C(=O)O. The van der Waals surface area contributed by atoms with Gasteiger partial charge in [-0.2, -0.15) is 0 Å². The summed E-state index contributed by atoms with van der Waals surface area (Å²) >= 11 is 0. The van der Waals surface area contributed by atoms with Gasteiger partial charge in [-0.25, -0.2) is 9.59 Å². The third-order valence-corrected chi connectivity index (χ3v) is 9.01. The highest BCUT2D eigenvalue weighted by Gasteiger charge is 2.51. The van der Waals surface area contributed by atoms with E-state index in [1.165, 1.54) is 64.2 Å². The maximum Gasteiger partial charge on any atom is 0.334 e. The molecule has 0 radical (unpaired) electrons. The Morgan fingerprint density at radius 3 is 1.91 bits per heavy atom. The van der Waals surface area contributed by atoms with Crippen LogP contribution in [0.25, 0.3) is 0 Å². The fourth-order valence-electron chi connectivity index (χ4n) is 6.73. The van der Waals surface area contributed by atoms with Gasteiger partial charge >= 0.3 is 11.9 Å². The van der Waals surface area contributed by atoms with E-state index in [4.69, 9.17) is 15.2 Å². The van der Waals surface area contributed by atoms with E-state index < -0.39 is 17.4 Å². The molecule has 0 fully saturated rings. The molecule has 1 unspecified atom stereocenters. The molecule has 254 valence electrons. The van der Waals surface area contributed by atoms with Crippen molar-refractivity contribution >= 4 is 11.9 Å². The average molecular weight is 629 g/mol. The molecule has 0 saturated heterocycles. The summed E-state index contributed by atoms with van der Waals surface area (Å²) in [6, 6.07) is 5.74. The standard InChI is InChI=1S/C37H60N2O6/c1-7-8-9-10-11-12-13-14-15-16-17-18-19-21-29-22-20-23-31(45-27(2)3)33(29)37(5)32(35(40)41)28(4)39(6)30(26-44-25-24-38)34(37)36(42)43/h20,22-23,27H,7-19,21,24-26,38H2,1-6H3,(H,40,41)(H,42,43). The molecule has 0 spiro atoms. The third kappa shape index (κ3) is 10.6. The number of carbonyl (C=O) groups is 2. The number of aliphatic carboxylic acids is 2. The number of nitrogens with zero attached hydrogens (tertiary/aromatic N) is 1. The Morgan fingerprint density at radius 2 is 1.42 bits per heavy atom. The minimum Gasteiger partial charge on any atom is -0.491 e. The van der Waals surface area contributed by atoms with Crippen molar-refractivity contribution in [1.29, 1.82) is 0 Å². The van der Waals surface area contributed by atoms with Crippen LogP contribution in [-0.4, -0.2) is 60.0 Å². The normalized spacial score (nSPS) is 17.0. The quantitative estimate of drug-likeness (QED) is 0.104. The number of hydrogen-bond donors (Lipinski definition) is 3. The molecular weight excluding hydrogens is 568 g/mol. The second-order valence-electron chi connectivity index (χ2n) is 12.9. The molecule has 0 saturated carbocycles. The second kappa shape index (κ2) is 19.6. The Morgan fingerprint density at radius 1 is 0.889 bits per heavy atom. The first-order valence-electron chi connectivity index (χ1n) is 17.2. The highest BCUT2D eigenvalue weighted by Crippen LogP contribution is 2.51. The predicted molar refractivity (Wildman–Crippen MR) is 182 cm³/mol. The molecule has 0 bridgehead atoms. The van der Waals surface area contributed by atoms with Gasteiger partial charge < -0.3 is 30.3 Å².